The van der Waals surface area contributed by atoms with Gasteiger partial charge in [0.05, 0.1) is 5.41 Å². The fourth-order valence-electron chi connectivity index (χ4n) is 4.74. The molecule has 0 aromatic heterocycles. The van der Waals surface area contributed by atoms with Crippen LogP contribution >= 0.6 is 0 Å². The summed E-state index contributed by atoms with van der Waals surface area (Å²) < 4.78 is 6.14. The fourth-order valence-corrected chi connectivity index (χ4v) is 4.74. The second-order valence-corrected chi connectivity index (χ2v) is 9.17. The van der Waals surface area contributed by atoms with Crippen molar-refractivity contribution in [2.24, 2.45) is 35.0 Å². The first-order valence-electron chi connectivity index (χ1n) is 9.34. The van der Waals surface area contributed by atoms with Crippen LogP contribution in [0.15, 0.2) is 0 Å². The molecule has 0 aromatic carbocycles. The van der Waals surface area contributed by atoms with Crippen LogP contribution in [0.5, 0.6) is 0 Å². The van der Waals surface area contributed by atoms with Gasteiger partial charge in [0.25, 0.3) is 0 Å². The molecule has 0 aliphatic heterocycles. The van der Waals surface area contributed by atoms with Crippen LogP contribution in [0.25, 0.3) is 0 Å². The molecule has 0 heterocycles. The van der Waals surface area contributed by atoms with Crippen molar-refractivity contribution < 1.29 is 9.53 Å². The summed E-state index contributed by atoms with van der Waals surface area (Å²) in [5.41, 5.74) is -0.531. The average Bonchev–Trinajstić information content (AvgIpc) is 2.92. The molecule has 2 heteroatoms. The molecule has 2 nitrogen and oxygen atoms in total. The van der Waals surface area contributed by atoms with Crippen molar-refractivity contribution >= 4 is 5.97 Å². The van der Waals surface area contributed by atoms with E-state index >= 15 is 0 Å². The topological polar surface area (TPSA) is 26.3 Å². The molecule has 2 unspecified atom stereocenters. The zero-order valence-corrected chi connectivity index (χ0v) is 15.7. The lowest BCUT2D eigenvalue weighted by Gasteiger charge is -2.39. The molecule has 0 radical (unpaired) electrons. The highest BCUT2D eigenvalue weighted by Crippen LogP contribution is 2.63. The maximum atomic E-state index is 13.0. The van der Waals surface area contributed by atoms with Crippen LogP contribution in [0.2, 0.25) is 0 Å². The lowest BCUT2D eigenvalue weighted by molar-refractivity contribution is -0.172. The quantitative estimate of drug-likeness (QED) is 0.631. The summed E-state index contributed by atoms with van der Waals surface area (Å²) in [4.78, 5) is 13.0. The molecule has 0 amide bonds. The number of rotatable bonds is 5. The Bertz CT molecular complexity index is 394. The van der Waals surface area contributed by atoms with E-state index in [0.29, 0.717) is 23.7 Å². The maximum Gasteiger partial charge on any atom is 0.313 e. The Hall–Kier alpha value is -0.530. The van der Waals surface area contributed by atoms with E-state index in [1.807, 2.05) is 0 Å². The summed E-state index contributed by atoms with van der Waals surface area (Å²) in [5.74, 6) is 2.89. The van der Waals surface area contributed by atoms with Gasteiger partial charge in [0.15, 0.2) is 0 Å². The van der Waals surface area contributed by atoms with Crippen molar-refractivity contribution in [3.05, 3.63) is 0 Å². The molecule has 2 saturated carbocycles. The molecule has 2 fully saturated rings. The van der Waals surface area contributed by atoms with E-state index in [9.17, 15) is 4.79 Å². The van der Waals surface area contributed by atoms with Gasteiger partial charge in [0, 0.05) is 0 Å². The van der Waals surface area contributed by atoms with E-state index < -0.39 is 0 Å². The van der Waals surface area contributed by atoms with E-state index in [4.69, 9.17) is 4.74 Å². The molecule has 22 heavy (non-hydrogen) atoms. The zero-order chi connectivity index (χ0) is 16.7. The highest BCUT2D eigenvalue weighted by atomic mass is 16.6. The van der Waals surface area contributed by atoms with Gasteiger partial charge in [-0.2, -0.15) is 0 Å². The minimum atomic E-state index is -0.316. The van der Waals surface area contributed by atoms with Crippen LogP contribution in [0, 0.1) is 35.0 Å². The molecule has 0 aromatic rings. The van der Waals surface area contributed by atoms with Gasteiger partial charge in [-0.05, 0) is 62.7 Å². The Morgan fingerprint density at radius 1 is 1.09 bits per heavy atom. The van der Waals surface area contributed by atoms with E-state index in [1.54, 1.807) is 0 Å². The second kappa shape index (κ2) is 6.17. The molecule has 3 atom stereocenters. The van der Waals surface area contributed by atoms with E-state index in [2.05, 4.69) is 48.5 Å². The summed E-state index contributed by atoms with van der Waals surface area (Å²) in [6.07, 6.45) is 5.91. The lowest BCUT2D eigenvalue weighted by Crippen LogP contribution is -2.41. The van der Waals surface area contributed by atoms with E-state index in [-0.39, 0.29) is 17.0 Å². The van der Waals surface area contributed by atoms with Crippen LogP contribution in [-0.2, 0) is 9.53 Å². The number of esters is 1. The number of hydrogen-bond acceptors (Lipinski definition) is 2. The van der Waals surface area contributed by atoms with Gasteiger partial charge in [-0.1, -0.05) is 47.5 Å². The molecule has 0 saturated heterocycles. The molecular weight excluding hydrogens is 272 g/mol. The summed E-state index contributed by atoms with van der Waals surface area (Å²) in [6, 6.07) is 0. The van der Waals surface area contributed by atoms with Crippen molar-refractivity contribution in [1.29, 1.82) is 0 Å². The van der Waals surface area contributed by atoms with Crippen molar-refractivity contribution in [3.8, 4) is 0 Å². The molecule has 128 valence electrons. The van der Waals surface area contributed by atoms with Gasteiger partial charge in [0.2, 0.25) is 0 Å². The second-order valence-electron chi connectivity index (χ2n) is 9.17. The predicted molar refractivity (Wildman–Crippen MR) is 91.5 cm³/mol. The first kappa shape index (κ1) is 17.8. The molecule has 0 spiro atoms. The third-order valence-corrected chi connectivity index (χ3v) is 6.75. The monoisotopic (exact) mass is 308 g/mol. The highest BCUT2D eigenvalue weighted by Gasteiger charge is 2.66. The molecule has 2 rings (SSSR count). The van der Waals surface area contributed by atoms with Gasteiger partial charge in [-0.15, -0.1) is 0 Å². The number of ether oxygens (including phenoxy) is 1. The van der Waals surface area contributed by atoms with Crippen molar-refractivity contribution in [2.45, 2.75) is 86.2 Å². The Labute approximate surface area is 137 Å². The molecule has 0 N–H and O–H groups in total. The summed E-state index contributed by atoms with van der Waals surface area (Å²) in [6.45, 7) is 15.4. The fraction of sp³-hybridized carbons (Fsp3) is 0.950. The van der Waals surface area contributed by atoms with Crippen LogP contribution < -0.4 is 0 Å². The Kier molecular flexibility index (Phi) is 5.00. The third kappa shape index (κ3) is 3.21. The Balaban J connectivity index is 2.03. The molecular formula is C20H36O2. The van der Waals surface area contributed by atoms with E-state index in [1.165, 1.54) is 25.7 Å². The van der Waals surface area contributed by atoms with Crippen molar-refractivity contribution in [3.63, 3.8) is 0 Å². The number of carbonyl (C=O) groups excluding carboxylic acids is 1. The Morgan fingerprint density at radius 3 is 2.00 bits per heavy atom. The molecule has 0 bridgehead atoms. The maximum absolute atomic E-state index is 13.0. The molecule has 2 aliphatic rings. The minimum absolute atomic E-state index is 0.0739. The van der Waals surface area contributed by atoms with Gasteiger partial charge < -0.3 is 4.74 Å². The van der Waals surface area contributed by atoms with Crippen molar-refractivity contribution in [1.82, 2.24) is 0 Å². The number of carbonyl (C=O) groups is 1. The summed E-state index contributed by atoms with van der Waals surface area (Å²) in [7, 11) is 0. The Morgan fingerprint density at radius 2 is 1.59 bits per heavy atom. The number of hydrogen-bond donors (Lipinski definition) is 0. The van der Waals surface area contributed by atoms with Crippen molar-refractivity contribution in [2.75, 3.05) is 0 Å². The van der Waals surface area contributed by atoms with Gasteiger partial charge >= 0.3 is 5.97 Å². The zero-order valence-electron chi connectivity index (χ0n) is 15.7. The molecule has 2 aliphatic carbocycles. The minimum Gasteiger partial charge on any atom is -0.459 e. The average molecular weight is 309 g/mol. The summed E-state index contributed by atoms with van der Waals surface area (Å²) >= 11 is 0. The predicted octanol–water partition coefficient (Wildman–Crippen LogP) is 5.45. The summed E-state index contributed by atoms with van der Waals surface area (Å²) in [5, 5.41) is 0. The van der Waals surface area contributed by atoms with Crippen LogP contribution in [0.4, 0.5) is 0 Å². The first-order valence-corrected chi connectivity index (χ1v) is 9.34. The van der Waals surface area contributed by atoms with E-state index in [0.717, 1.165) is 12.3 Å². The third-order valence-electron chi connectivity index (χ3n) is 6.75. The lowest BCUT2D eigenvalue weighted by atomic mass is 9.75. The highest BCUT2D eigenvalue weighted by molar-refractivity contribution is 5.81. The van der Waals surface area contributed by atoms with Gasteiger partial charge in [-0.25, -0.2) is 0 Å². The largest absolute Gasteiger partial charge is 0.459 e. The first-order chi connectivity index (χ1) is 10.1. The van der Waals surface area contributed by atoms with Gasteiger partial charge in [-0.3, -0.25) is 4.79 Å². The smallest absolute Gasteiger partial charge is 0.313 e. The normalized spacial score (nSPS) is 38.9. The van der Waals surface area contributed by atoms with Gasteiger partial charge in [0.1, 0.15) is 5.60 Å². The SMILES string of the molecule is CC(C)CC1(C(=O)OC(C)(C)C2CCC(C)CC2)C(C)[C@@H]1C. The van der Waals surface area contributed by atoms with Crippen LogP contribution in [0.3, 0.4) is 0 Å². The van der Waals surface area contributed by atoms with Crippen LogP contribution in [0.1, 0.15) is 80.6 Å². The van der Waals surface area contributed by atoms with Crippen LogP contribution in [-0.4, -0.2) is 11.6 Å². The standard InChI is InChI=1S/C20H36O2/c1-13(2)12-20(15(4)16(20)5)18(21)22-19(6,7)17-10-8-14(3)9-11-17/h13-17H,8-12H2,1-7H3/t14?,15-,16?,17?,20?/m0/s1.